The number of nitrogen functional groups attached to an aromatic ring is 1. The standard InChI is InChI=1S/C14H14F2N2O2S/c1-2-9-3-5-11(8-14(9)17)21(19,20)18-10-4-6-12(15)13(16)7-10/h3-8,18H,2,17H2,1H3. The molecule has 2 rings (SSSR count). The van der Waals surface area contributed by atoms with Crippen molar-refractivity contribution >= 4 is 21.4 Å². The highest BCUT2D eigenvalue weighted by Gasteiger charge is 2.16. The summed E-state index contributed by atoms with van der Waals surface area (Å²) in [5.41, 5.74) is 6.90. The first-order valence-electron chi connectivity index (χ1n) is 6.19. The molecule has 21 heavy (non-hydrogen) atoms. The molecule has 0 spiro atoms. The van der Waals surface area contributed by atoms with Crippen molar-refractivity contribution in [2.45, 2.75) is 18.2 Å². The van der Waals surface area contributed by atoms with Gasteiger partial charge in [-0.25, -0.2) is 17.2 Å². The highest BCUT2D eigenvalue weighted by Crippen LogP contribution is 2.22. The molecule has 0 atom stereocenters. The Labute approximate surface area is 121 Å². The number of hydrogen-bond acceptors (Lipinski definition) is 3. The third-order valence-corrected chi connectivity index (χ3v) is 4.36. The lowest BCUT2D eigenvalue weighted by Crippen LogP contribution is -2.13. The van der Waals surface area contributed by atoms with E-state index in [-0.39, 0.29) is 10.6 Å². The van der Waals surface area contributed by atoms with E-state index in [1.807, 2.05) is 6.92 Å². The number of benzene rings is 2. The first-order valence-corrected chi connectivity index (χ1v) is 7.68. The predicted molar refractivity (Wildman–Crippen MR) is 77.4 cm³/mol. The van der Waals surface area contributed by atoms with Crippen LogP contribution in [0.15, 0.2) is 41.3 Å². The Kier molecular flexibility index (Phi) is 4.13. The number of halogens is 2. The number of nitrogens with two attached hydrogens (primary N) is 1. The van der Waals surface area contributed by atoms with E-state index in [9.17, 15) is 17.2 Å². The van der Waals surface area contributed by atoms with Crippen LogP contribution in [0.4, 0.5) is 20.2 Å². The molecular weight excluding hydrogens is 298 g/mol. The fraction of sp³-hybridized carbons (Fsp3) is 0.143. The SMILES string of the molecule is CCc1ccc(S(=O)(=O)Nc2ccc(F)c(F)c2)cc1N. The number of hydrogen-bond donors (Lipinski definition) is 2. The molecule has 3 N–H and O–H groups in total. The minimum absolute atomic E-state index is 0.0399. The summed E-state index contributed by atoms with van der Waals surface area (Å²) >= 11 is 0. The zero-order valence-corrected chi connectivity index (χ0v) is 12.0. The summed E-state index contributed by atoms with van der Waals surface area (Å²) in [7, 11) is -3.91. The van der Waals surface area contributed by atoms with Gasteiger partial charge in [0.1, 0.15) is 0 Å². The number of aryl methyl sites for hydroxylation is 1. The van der Waals surface area contributed by atoms with Gasteiger partial charge in [0.05, 0.1) is 10.6 Å². The molecule has 0 aliphatic carbocycles. The van der Waals surface area contributed by atoms with Gasteiger partial charge in [0.25, 0.3) is 10.0 Å². The van der Waals surface area contributed by atoms with E-state index in [0.717, 1.165) is 23.8 Å². The summed E-state index contributed by atoms with van der Waals surface area (Å²) in [6.07, 6.45) is 0.683. The normalized spacial score (nSPS) is 11.4. The highest BCUT2D eigenvalue weighted by atomic mass is 32.2. The molecule has 0 unspecified atom stereocenters. The van der Waals surface area contributed by atoms with Crippen molar-refractivity contribution in [2.75, 3.05) is 10.5 Å². The zero-order valence-electron chi connectivity index (χ0n) is 11.2. The van der Waals surface area contributed by atoms with Gasteiger partial charge in [-0.15, -0.1) is 0 Å². The zero-order chi connectivity index (χ0) is 15.6. The van der Waals surface area contributed by atoms with Crippen molar-refractivity contribution in [3.63, 3.8) is 0 Å². The van der Waals surface area contributed by atoms with Gasteiger partial charge in [0.15, 0.2) is 11.6 Å². The van der Waals surface area contributed by atoms with E-state index in [0.29, 0.717) is 12.1 Å². The van der Waals surface area contributed by atoms with Gasteiger partial charge in [-0.1, -0.05) is 13.0 Å². The second kappa shape index (κ2) is 5.69. The summed E-state index contributed by atoms with van der Waals surface area (Å²) < 4.78 is 52.4. The van der Waals surface area contributed by atoms with Crippen LogP contribution in [0.1, 0.15) is 12.5 Å². The number of rotatable bonds is 4. The van der Waals surface area contributed by atoms with Crippen LogP contribution >= 0.6 is 0 Å². The quantitative estimate of drug-likeness (QED) is 0.853. The largest absolute Gasteiger partial charge is 0.398 e. The minimum atomic E-state index is -3.91. The molecule has 4 nitrogen and oxygen atoms in total. The Morgan fingerprint density at radius 2 is 1.81 bits per heavy atom. The molecule has 0 heterocycles. The smallest absolute Gasteiger partial charge is 0.261 e. The molecule has 7 heteroatoms. The lowest BCUT2D eigenvalue weighted by atomic mass is 10.1. The fourth-order valence-electron chi connectivity index (χ4n) is 1.84. The third kappa shape index (κ3) is 3.30. The first kappa shape index (κ1) is 15.2. The summed E-state index contributed by atoms with van der Waals surface area (Å²) in [4.78, 5) is -0.0399. The molecule has 0 bridgehead atoms. The van der Waals surface area contributed by atoms with E-state index >= 15 is 0 Å². The van der Waals surface area contributed by atoms with Gasteiger partial charge in [-0.3, -0.25) is 4.72 Å². The summed E-state index contributed by atoms with van der Waals surface area (Å²) in [5.74, 6) is -2.18. The average molecular weight is 312 g/mol. The van der Waals surface area contributed by atoms with Crippen molar-refractivity contribution in [3.8, 4) is 0 Å². The third-order valence-electron chi connectivity index (χ3n) is 2.98. The molecule has 112 valence electrons. The van der Waals surface area contributed by atoms with Gasteiger partial charge in [-0.05, 0) is 36.2 Å². The van der Waals surface area contributed by atoms with E-state index < -0.39 is 21.7 Å². The Bertz CT molecular complexity index is 777. The fourth-order valence-corrected chi connectivity index (χ4v) is 2.92. The molecule has 0 saturated heterocycles. The average Bonchev–Trinajstić information content (AvgIpc) is 2.42. The molecule has 2 aromatic carbocycles. The van der Waals surface area contributed by atoms with Gasteiger partial charge >= 0.3 is 0 Å². The lowest BCUT2D eigenvalue weighted by molar-refractivity contribution is 0.509. The van der Waals surface area contributed by atoms with Crippen molar-refractivity contribution < 1.29 is 17.2 Å². The predicted octanol–water partition coefficient (Wildman–Crippen LogP) is 2.91. The second-order valence-electron chi connectivity index (χ2n) is 4.45. The molecule has 0 fully saturated rings. The summed E-state index contributed by atoms with van der Waals surface area (Å²) in [6.45, 7) is 1.90. The molecule has 0 aliphatic heterocycles. The van der Waals surface area contributed by atoms with Crippen LogP contribution in [0.5, 0.6) is 0 Å². The Morgan fingerprint density at radius 3 is 2.38 bits per heavy atom. The van der Waals surface area contributed by atoms with Gasteiger partial charge < -0.3 is 5.73 Å². The van der Waals surface area contributed by atoms with E-state index in [2.05, 4.69) is 4.72 Å². The molecule has 0 radical (unpaired) electrons. The molecule has 2 aromatic rings. The summed E-state index contributed by atoms with van der Waals surface area (Å²) in [5, 5.41) is 0. The van der Waals surface area contributed by atoms with Crippen LogP contribution in [-0.2, 0) is 16.4 Å². The molecule has 0 aromatic heterocycles. The molecular formula is C14H14F2N2O2S. The molecule has 0 aliphatic rings. The van der Waals surface area contributed by atoms with Crippen molar-refractivity contribution in [1.29, 1.82) is 0 Å². The number of nitrogens with one attached hydrogen (secondary N) is 1. The Morgan fingerprint density at radius 1 is 1.10 bits per heavy atom. The lowest BCUT2D eigenvalue weighted by Gasteiger charge is -2.10. The van der Waals surface area contributed by atoms with E-state index in [1.54, 1.807) is 6.07 Å². The van der Waals surface area contributed by atoms with Crippen LogP contribution in [-0.4, -0.2) is 8.42 Å². The van der Waals surface area contributed by atoms with Crippen molar-refractivity contribution in [3.05, 3.63) is 53.6 Å². The van der Waals surface area contributed by atoms with Gasteiger partial charge in [0.2, 0.25) is 0 Å². The van der Waals surface area contributed by atoms with Gasteiger partial charge in [-0.2, -0.15) is 0 Å². The number of sulfonamides is 1. The Balaban J connectivity index is 2.33. The topological polar surface area (TPSA) is 72.2 Å². The molecule has 0 saturated carbocycles. The maximum Gasteiger partial charge on any atom is 0.261 e. The van der Waals surface area contributed by atoms with Crippen LogP contribution in [0.2, 0.25) is 0 Å². The van der Waals surface area contributed by atoms with Crippen LogP contribution in [0.25, 0.3) is 0 Å². The monoisotopic (exact) mass is 312 g/mol. The number of anilines is 2. The minimum Gasteiger partial charge on any atom is -0.398 e. The highest BCUT2D eigenvalue weighted by molar-refractivity contribution is 7.92. The summed E-state index contributed by atoms with van der Waals surface area (Å²) in [6, 6.07) is 7.13. The van der Waals surface area contributed by atoms with Crippen molar-refractivity contribution in [1.82, 2.24) is 0 Å². The first-order chi connectivity index (χ1) is 9.83. The van der Waals surface area contributed by atoms with Crippen LogP contribution in [0, 0.1) is 11.6 Å². The van der Waals surface area contributed by atoms with Crippen LogP contribution in [0.3, 0.4) is 0 Å². The van der Waals surface area contributed by atoms with Gasteiger partial charge in [0, 0.05) is 11.8 Å². The molecule has 0 amide bonds. The maximum atomic E-state index is 13.1. The second-order valence-corrected chi connectivity index (χ2v) is 6.13. The van der Waals surface area contributed by atoms with Crippen molar-refractivity contribution in [2.24, 2.45) is 0 Å². The van der Waals surface area contributed by atoms with E-state index in [4.69, 9.17) is 5.73 Å². The Hall–Kier alpha value is -2.15. The van der Waals surface area contributed by atoms with E-state index in [1.165, 1.54) is 12.1 Å². The maximum absolute atomic E-state index is 13.1. The van der Waals surface area contributed by atoms with Crippen LogP contribution < -0.4 is 10.5 Å².